The van der Waals surface area contributed by atoms with Gasteiger partial charge in [0.05, 0.1) is 6.54 Å². The minimum atomic E-state index is -0.0156. The summed E-state index contributed by atoms with van der Waals surface area (Å²) in [6.45, 7) is 3.20. The first-order valence-electron chi connectivity index (χ1n) is 8.41. The average Bonchev–Trinajstić information content (AvgIpc) is 3.03. The molecule has 1 aromatic heterocycles. The van der Waals surface area contributed by atoms with E-state index < -0.39 is 0 Å². The van der Waals surface area contributed by atoms with Gasteiger partial charge in [-0.25, -0.2) is 0 Å². The first-order valence-corrected chi connectivity index (χ1v) is 8.41. The van der Waals surface area contributed by atoms with Gasteiger partial charge < -0.3 is 15.6 Å². The van der Waals surface area contributed by atoms with Gasteiger partial charge in [0, 0.05) is 22.8 Å². The fourth-order valence-electron chi connectivity index (χ4n) is 2.79. The summed E-state index contributed by atoms with van der Waals surface area (Å²) in [6, 6.07) is 16.2. The number of fused-ring (bicyclic) bond motifs is 1. The molecule has 0 spiro atoms. The molecule has 4 nitrogen and oxygen atoms in total. The van der Waals surface area contributed by atoms with Crippen LogP contribution in [-0.4, -0.2) is 24.0 Å². The smallest absolute Gasteiger partial charge is 0.238 e. The van der Waals surface area contributed by atoms with E-state index in [-0.39, 0.29) is 5.91 Å². The summed E-state index contributed by atoms with van der Waals surface area (Å²) >= 11 is 0. The fourth-order valence-corrected chi connectivity index (χ4v) is 2.79. The third kappa shape index (κ3) is 4.03. The summed E-state index contributed by atoms with van der Waals surface area (Å²) in [5.41, 5.74) is 4.54. The van der Waals surface area contributed by atoms with E-state index in [0.29, 0.717) is 6.54 Å². The van der Waals surface area contributed by atoms with E-state index in [9.17, 15) is 4.79 Å². The molecule has 2 aromatic carbocycles. The van der Waals surface area contributed by atoms with E-state index >= 15 is 0 Å². The van der Waals surface area contributed by atoms with Crippen molar-refractivity contribution in [2.45, 2.75) is 19.8 Å². The third-order valence-corrected chi connectivity index (χ3v) is 4.18. The predicted molar refractivity (Wildman–Crippen MR) is 99.3 cm³/mol. The van der Waals surface area contributed by atoms with Crippen molar-refractivity contribution >= 4 is 22.5 Å². The highest BCUT2D eigenvalue weighted by molar-refractivity contribution is 5.92. The van der Waals surface area contributed by atoms with Crippen LogP contribution in [0.2, 0.25) is 0 Å². The number of hydrogen-bond acceptors (Lipinski definition) is 2. The molecule has 0 radical (unpaired) electrons. The second kappa shape index (κ2) is 7.79. The number of carbonyl (C=O) groups is 1. The molecule has 0 aliphatic heterocycles. The van der Waals surface area contributed by atoms with Crippen molar-refractivity contribution in [3.63, 3.8) is 0 Å². The molecule has 0 saturated carbocycles. The zero-order valence-electron chi connectivity index (χ0n) is 13.9. The Bertz CT molecular complexity index is 805. The summed E-state index contributed by atoms with van der Waals surface area (Å²) < 4.78 is 0. The molecule has 1 amide bonds. The fraction of sp³-hybridized carbons (Fsp3) is 0.250. The minimum Gasteiger partial charge on any atom is -0.361 e. The monoisotopic (exact) mass is 321 g/mol. The van der Waals surface area contributed by atoms with Crippen LogP contribution in [0, 0.1) is 0 Å². The third-order valence-electron chi connectivity index (χ3n) is 4.18. The van der Waals surface area contributed by atoms with Gasteiger partial charge in [-0.15, -0.1) is 0 Å². The summed E-state index contributed by atoms with van der Waals surface area (Å²) in [5, 5.41) is 7.36. The van der Waals surface area contributed by atoms with Crippen molar-refractivity contribution in [3.05, 3.63) is 65.9 Å². The molecule has 0 aliphatic carbocycles. The highest BCUT2D eigenvalue weighted by atomic mass is 16.1. The van der Waals surface area contributed by atoms with Crippen LogP contribution in [0.3, 0.4) is 0 Å². The average molecular weight is 321 g/mol. The maximum atomic E-state index is 12.0. The number of benzene rings is 2. The van der Waals surface area contributed by atoms with Crippen molar-refractivity contribution < 1.29 is 4.79 Å². The predicted octanol–water partition coefficient (Wildman–Crippen LogP) is 3.50. The molecule has 0 saturated heterocycles. The van der Waals surface area contributed by atoms with Crippen molar-refractivity contribution in [3.8, 4) is 0 Å². The molecule has 0 fully saturated rings. The molecule has 0 unspecified atom stereocenters. The number of aryl methyl sites for hydroxylation is 1. The minimum absolute atomic E-state index is 0.0156. The molecular weight excluding hydrogens is 298 g/mol. The van der Waals surface area contributed by atoms with Crippen molar-refractivity contribution in [2.75, 3.05) is 18.4 Å². The Labute approximate surface area is 142 Å². The quantitative estimate of drug-likeness (QED) is 0.583. The lowest BCUT2D eigenvalue weighted by molar-refractivity contribution is -0.115. The van der Waals surface area contributed by atoms with Gasteiger partial charge in [-0.1, -0.05) is 37.3 Å². The molecule has 3 N–H and O–H groups in total. The lowest BCUT2D eigenvalue weighted by Crippen LogP contribution is -2.29. The van der Waals surface area contributed by atoms with Crippen molar-refractivity contribution in [1.29, 1.82) is 0 Å². The standard InChI is InChI=1S/C20H23N3O/c1-2-15-7-9-17(10-8-15)23-20(24)14-21-12-11-16-13-22-19-6-4-3-5-18(16)19/h3-10,13,21-22H,2,11-12,14H2,1H3,(H,23,24). The van der Waals surface area contributed by atoms with Crippen LogP contribution < -0.4 is 10.6 Å². The second-order valence-electron chi connectivity index (χ2n) is 5.88. The van der Waals surface area contributed by atoms with Gasteiger partial charge in [0.15, 0.2) is 0 Å². The zero-order valence-corrected chi connectivity index (χ0v) is 13.9. The Balaban J connectivity index is 1.43. The number of carbonyl (C=O) groups excluding carboxylic acids is 1. The number of nitrogens with one attached hydrogen (secondary N) is 3. The number of rotatable bonds is 7. The number of aromatic nitrogens is 1. The lowest BCUT2D eigenvalue weighted by Gasteiger charge is -2.07. The number of aromatic amines is 1. The second-order valence-corrected chi connectivity index (χ2v) is 5.88. The molecule has 1 heterocycles. The molecule has 4 heteroatoms. The number of H-pyrrole nitrogens is 1. The Kier molecular flexibility index (Phi) is 5.29. The van der Waals surface area contributed by atoms with Crippen LogP contribution >= 0.6 is 0 Å². The molecular formula is C20H23N3O. The number of amides is 1. The van der Waals surface area contributed by atoms with Gasteiger partial charge in [-0.05, 0) is 48.7 Å². The number of para-hydroxylation sites is 1. The van der Waals surface area contributed by atoms with Gasteiger partial charge in [-0.2, -0.15) is 0 Å². The summed E-state index contributed by atoms with van der Waals surface area (Å²) in [7, 11) is 0. The maximum absolute atomic E-state index is 12.0. The van der Waals surface area contributed by atoms with Gasteiger partial charge in [0.2, 0.25) is 5.91 Å². The summed E-state index contributed by atoms with van der Waals surface area (Å²) in [4.78, 5) is 15.2. The first kappa shape index (κ1) is 16.3. The Hall–Kier alpha value is -2.59. The van der Waals surface area contributed by atoms with Crippen LogP contribution in [-0.2, 0) is 17.6 Å². The topological polar surface area (TPSA) is 56.9 Å². The van der Waals surface area contributed by atoms with E-state index in [0.717, 1.165) is 30.6 Å². The Morgan fingerprint density at radius 1 is 1.08 bits per heavy atom. The Morgan fingerprint density at radius 2 is 1.88 bits per heavy atom. The largest absolute Gasteiger partial charge is 0.361 e. The van der Waals surface area contributed by atoms with E-state index in [1.54, 1.807) is 0 Å². The van der Waals surface area contributed by atoms with Crippen LogP contribution in [0.15, 0.2) is 54.7 Å². The van der Waals surface area contributed by atoms with Gasteiger partial charge in [-0.3, -0.25) is 4.79 Å². The van der Waals surface area contributed by atoms with Crippen LogP contribution in [0.1, 0.15) is 18.1 Å². The van der Waals surface area contributed by atoms with Crippen molar-refractivity contribution in [2.24, 2.45) is 0 Å². The maximum Gasteiger partial charge on any atom is 0.238 e. The highest BCUT2D eigenvalue weighted by Crippen LogP contribution is 2.17. The summed E-state index contributed by atoms with van der Waals surface area (Å²) in [6.07, 6.45) is 3.94. The van der Waals surface area contributed by atoms with E-state index in [2.05, 4.69) is 34.7 Å². The first-order chi connectivity index (χ1) is 11.8. The molecule has 0 aliphatic rings. The van der Waals surface area contributed by atoms with Crippen molar-refractivity contribution in [1.82, 2.24) is 10.3 Å². The summed E-state index contributed by atoms with van der Waals surface area (Å²) in [5.74, 6) is -0.0156. The van der Waals surface area contributed by atoms with Crippen LogP contribution in [0.5, 0.6) is 0 Å². The number of hydrogen-bond donors (Lipinski definition) is 3. The van der Waals surface area contributed by atoms with Crippen LogP contribution in [0.25, 0.3) is 10.9 Å². The zero-order chi connectivity index (χ0) is 16.8. The molecule has 0 atom stereocenters. The van der Waals surface area contributed by atoms with Gasteiger partial charge in [0.25, 0.3) is 0 Å². The molecule has 24 heavy (non-hydrogen) atoms. The van der Waals surface area contributed by atoms with E-state index in [4.69, 9.17) is 0 Å². The van der Waals surface area contributed by atoms with Gasteiger partial charge >= 0.3 is 0 Å². The molecule has 3 rings (SSSR count). The molecule has 124 valence electrons. The highest BCUT2D eigenvalue weighted by Gasteiger charge is 2.04. The Morgan fingerprint density at radius 3 is 2.67 bits per heavy atom. The van der Waals surface area contributed by atoms with E-state index in [1.807, 2.05) is 42.6 Å². The molecule has 0 bridgehead atoms. The SMILES string of the molecule is CCc1ccc(NC(=O)CNCCc2c[nH]c3ccccc23)cc1. The van der Waals surface area contributed by atoms with E-state index in [1.165, 1.54) is 16.5 Å². The normalized spacial score (nSPS) is 10.9. The molecule has 3 aromatic rings. The lowest BCUT2D eigenvalue weighted by atomic mass is 10.1. The van der Waals surface area contributed by atoms with Gasteiger partial charge in [0.1, 0.15) is 0 Å². The van der Waals surface area contributed by atoms with Crippen LogP contribution in [0.4, 0.5) is 5.69 Å². The number of anilines is 1.